The Kier molecular flexibility index (Phi) is 5.79. The Bertz CT molecular complexity index is 815. The molecule has 0 heterocycles. The lowest BCUT2D eigenvalue weighted by Crippen LogP contribution is -2.39. The minimum atomic E-state index is -0.465. The van der Waals surface area contributed by atoms with Gasteiger partial charge in [-0.2, -0.15) is 5.10 Å². The Morgan fingerprint density at radius 3 is 2.65 bits per heavy atom. The van der Waals surface area contributed by atoms with Crippen molar-refractivity contribution in [3.05, 3.63) is 71.3 Å². The van der Waals surface area contributed by atoms with E-state index in [4.69, 9.17) is 4.74 Å². The second-order valence-electron chi connectivity index (χ2n) is 6.18. The van der Waals surface area contributed by atoms with Crippen LogP contribution in [0.25, 0.3) is 0 Å². The minimum absolute atomic E-state index is 0.0125. The van der Waals surface area contributed by atoms with Crippen LogP contribution >= 0.6 is 0 Å². The summed E-state index contributed by atoms with van der Waals surface area (Å²) in [4.78, 5) is 24.9. The van der Waals surface area contributed by atoms with E-state index in [0.717, 1.165) is 23.1 Å². The molecule has 5 nitrogen and oxygen atoms in total. The molecule has 0 saturated carbocycles. The van der Waals surface area contributed by atoms with Gasteiger partial charge < -0.3 is 4.74 Å². The normalized spacial score (nSPS) is 16.7. The number of esters is 1. The molecule has 134 valence electrons. The second-order valence-corrected chi connectivity index (χ2v) is 6.18. The lowest BCUT2D eigenvalue weighted by atomic mass is 9.87. The highest BCUT2D eigenvalue weighted by Crippen LogP contribution is 2.21. The van der Waals surface area contributed by atoms with Gasteiger partial charge in [-0.05, 0) is 30.9 Å². The van der Waals surface area contributed by atoms with Crippen LogP contribution in [0, 0.1) is 0 Å². The fourth-order valence-corrected chi connectivity index (χ4v) is 3.04. The number of nitrogens with zero attached hydrogens (tertiary/aromatic N) is 1. The molecule has 1 atom stereocenters. The molecule has 0 aliphatic heterocycles. The molecule has 0 bridgehead atoms. The summed E-state index contributed by atoms with van der Waals surface area (Å²) in [6.45, 7) is 2.04. The van der Waals surface area contributed by atoms with Crippen LogP contribution in [0.2, 0.25) is 0 Å². The molecular formula is C21H22N2O3. The first kappa shape index (κ1) is 17.9. The fraction of sp³-hybridized carbons (Fsp3) is 0.286. The van der Waals surface area contributed by atoms with E-state index in [-0.39, 0.29) is 18.1 Å². The molecule has 3 rings (SSSR count). The van der Waals surface area contributed by atoms with Crippen molar-refractivity contribution < 1.29 is 14.3 Å². The Balaban J connectivity index is 1.76. The summed E-state index contributed by atoms with van der Waals surface area (Å²) < 4.78 is 5.10. The van der Waals surface area contributed by atoms with Gasteiger partial charge in [0.25, 0.3) is 0 Å². The van der Waals surface area contributed by atoms with E-state index in [9.17, 15) is 9.59 Å². The quantitative estimate of drug-likeness (QED) is 0.494. The van der Waals surface area contributed by atoms with E-state index >= 15 is 0 Å². The van der Waals surface area contributed by atoms with E-state index < -0.39 is 12.0 Å². The van der Waals surface area contributed by atoms with Crippen LogP contribution in [0.3, 0.4) is 0 Å². The third kappa shape index (κ3) is 4.17. The molecule has 0 fully saturated rings. The zero-order valence-electron chi connectivity index (χ0n) is 14.8. The van der Waals surface area contributed by atoms with Gasteiger partial charge in [-0.15, -0.1) is 0 Å². The van der Waals surface area contributed by atoms with E-state index in [0.29, 0.717) is 12.8 Å². The molecule has 0 unspecified atom stereocenters. The van der Waals surface area contributed by atoms with Crippen molar-refractivity contribution >= 4 is 17.5 Å². The third-order valence-corrected chi connectivity index (χ3v) is 4.38. The largest absolute Gasteiger partial charge is 0.461 e. The predicted molar refractivity (Wildman–Crippen MR) is 100 cm³/mol. The standard InChI is InChI=1S/C21H22N2O3/c1-2-26-21(25)19(14-15-8-4-3-5-9-15)23-22-18-13-12-16-10-6-7-11-17(16)20(18)24/h3-11,18,22H,2,12-14H2,1H3/b23-19-/t18-/m0/s1. The number of ether oxygens (including phenoxy) is 1. The highest BCUT2D eigenvalue weighted by Gasteiger charge is 2.27. The molecule has 0 amide bonds. The van der Waals surface area contributed by atoms with E-state index in [2.05, 4.69) is 10.5 Å². The maximum atomic E-state index is 12.6. The summed E-state index contributed by atoms with van der Waals surface area (Å²) in [5, 5.41) is 4.26. The Morgan fingerprint density at radius 2 is 1.88 bits per heavy atom. The van der Waals surface area contributed by atoms with Gasteiger partial charge in [0.05, 0.1) is 6.61 Å². The molecule has 2 aromatic carbocycles. The molecule has 26 heavy (non-hydrogen) atoms. The highest BCUT2D eigenvalue weighted by atomic mass is 16.5. The van der Waals surface area contributed by atoms with E-state index in [1.54, 1.807) is 6.92 Å². The van der Waals surface area contributed by atoms with Gasteiger partial charge in [-0.1, -0.05) is 54.6 Å². The van der Waals surface area contributed by atoms with Gasteiger partial charge in [-0.25, -0.2) is 4.79 Å². The third-order valence-electron chi connectivity index (χ3n) is 4.38. The molecular weight excluding hydrogens is 328 g/mol. The van der Waals surface area contributed by atoms with E-state index in [1.165, 1.54) is 0 Å². The van der Waals surface area contributed by atoms with Crippen LogP contribution in [0.4, 0.5) is 0 Å². The van der Waals surface area contributed by atoms with Gasteiger partial charge in [0.1, 0.15) is 11.8 Å². The van der Waals surface area contributed by atoms with Crippen LogP contribution in [-0.2, 0) is 22.4 Å². The number of nitrogens with one attached hydrogen (secondary N) is 1. The van der Waals surface area contributed by atoms with Crippen LogP contribution in [0.5, 0.6) is 0 Å². The lowest BCUT2D eigenvalue weighted by Gasteiger charge is -2.23. The number of hydrogen-bond donors (Lipinski definition) is 1. The molecule has 0 radical (unpaired) electrons. The summed E-state index contributed by atoms with van der Waals surface area (Å²) in [5.41, 5.74) is 5.93. The van der Waals surface area contributed by atoms with Crippen molar-refractivity contribution in [2.45, 2.75) is 32.2 Å². The van der Waals surface area contributed by atoms with Gasteiger partial charge in [0.2, 0.25) is 0 Å². The summed E-state index contributed by atoms with van der Waals surface area (Å²) in [6.07, 6.45) is 1.81. The number of hydrogen-bond acceptors (Lipinski definition) is 5. The zero-order chi connectivity index (χ0) is 18.4. The first-order valence-electron chi connectivity index (χ1n) is 8.84. The number of hydrazone groups is 1. The molecule has 2 aromatic rings. The number of ketones is 1. The van der Waals surface area contributed by atoms with Crippen LogP contribution < -0.4 is 5.43 Å². The molecule has 1 aliphatic carbocycles. The van der Waals surface area contributed by atoms with Gasteiger partial charge in [0.15, 0.2) is 5.78 Å². The van der Waals surface area contributed by atoms with E-state index in [1.807, 2.05) is 54.6 Å². The maximum absolute atomic E-state index is 12.6. The molecule has 1 aliphatic rings. The number of carbonyl (C=O) groups excluding carboxylic acids is 2. The Labute approximate surface area is 153 Å². The average Bonchev–Trinajstić information content (AvgIpc) is 2.67. The number of benzene rings is 2. The number of carbonyl (C=O) groups is 2. The average molecular weight is 350 g/mol. The summed E-state index contributed by atoms with van der Waals surface area (Å²) in [6, 6.07) is 16.8. The van der Waals surface area contributed by atoms with Crippen LogP contribution in [0.1, 0.15) is 34.8 Å². The SMILES string of the molecule is CCOC(=O)/C(Cc1ccccc1)=N\N[C@H]1CCc2ccccc2C1=O. The lowest BCUT2D eigenvalue weighted by molar-refractivity contribution is -0.135. The smallest absolute Gasteiger partial charge is 0.354 e. The summed E-state index contributed by atoms with van der Waals surface area (Å²) >= 11 is 0. The summed E-state index contributed by atoms with van der Waals surface area (Å²) in [7, 11) is 0. The minimum Gasteiger partial charge on any atom is -0.461 e. The highest BCUT2D eigenvalue weighted by molar-refractivity contribution is 6.36. The van der Waals surface area contributed by atoms with Crippen molar-refractivity contribution in [1.29, 1.82) is 0 Å². The maximum Gasteiger partial charge on any atom is 0.354 e. The molecule has 5 heteroatoms. The number of rotatable bonds is 6. The first-order valence-corrected chi connectivity index (χ1v) is 8.84. The topological polar surface area (TPSA) is 67.8 Å². The van der Waals surface area contributed by atoms with Crippen LogP contribution in [0.15, 0.2) is 59.7 Å². The summed E-state index contributed by atoms with van der Waals surface area (Å²) in [5.74, 6) is -0.453. The van der Waals surface area contributed by atoms with Crippen molar-refractivity contribution in [3.63, 3.8) is 0 Å². The van der Waals surface area contributed by atoms with Gasteiger partial charge >= 0.3 is 5.97 Å². The number of fused-ring (bicyclic) bond motifs is 1. The fourth-order valence-electron chi connectivity index (χ4n) is 3.04. The first-order chi connectivity index (χ1) is 12.7. The van der Waals surface area contributed by atoms with Crippen molar-refractivity contribution in [2.24, 2.45) is 5.10 Å². The number of Topliss-reactive ketones (excluding diaryl/α,β-unsaturated/α-hetero) is 1. The van der Waals surface area contributed by atoms with Crippen molar-refractivity contribution in [3.8, 4) is 0 Å². The van der Waals surface area contributed by atoms with Gasteiger partial charge in [0, 0.05) is 12.0 Å². The van der Waals surface area contributed by atoms with Gasteiger partial charge in [-0.3, -0.25) is 10.2 Å². The Morgan fingerprint density at radius 1 is 1.15 bits per heavy atom. The predicted octanol–water partition coefficient (Wildman–Crippen LogP) is 2.94. The zero-order valence-corrected chi connectivity index (χ0v) is 14.8. The van der Waals surface area contributed by atoms with Crippen molar-refractivity contribution in [2.75, 3.05) is 6.61 Å². The molecule has 0 spiro atoms. The van der Waals surface area contributed by atoms with Crippen molar-refractivity contribution in [1.82, 2.24) is 5.43 Å². The van der Waals surface area contributed by atoms with Crippen LogP contribution in [-0.4, -0.2) is 30.1 Å². The number of aryl methyl sites for hydroxylation is 1. The monoisotopic (exact) mass is 350 g/mol. The second kappa shape index (κ2) is 8.43. The molecule has 0 saturated heterocycles. The Hall–Kier alpha value is -2.95. The molecule has 1 N–H and O–H groups in total. The molecule has 0 aromatic heterocycles.